The Morgan fingerprint density at radius 3 is 1.37 bits per heavy atom. The third kappa shape index (κ3) is 5.03. The van der Waals surface area contributed by atoms with Gasteiger partial charge in [-0.15, -0.1) is 0 Å². The highest BCUT2D eigenvalue weighted by Gasteiger charge is 2.45. The second-order valence-corrected chi connectivity index (χ2v) is 22.6. The van der Waals surface area contributed by atoms with Crippen LogP contribution in [0.4, 0.5) is 34.1 Å². The Kier molecular flexibility index (Phi) is 7.19. The minimum Gasteiger partial charge on any atom is -0.456 e. The number of anilines is 6. The number of nitrogens with zero attached hydrogens (tertiary/aromatic N) is 2. The quantitative estimate of drug-likeness (QED) is 0.167. The Balaban J connectivity index is 1.27. The number of para-hydroxylation sites is 2. The van der Waals surface area contributed by atoms with Crippen molar-refractivity contribution < 1.29 is 8.83 Å². The summed E-state index contributed by atoms with van der Waals surface area (Å²) < 4.78 is 13.3. The van der Waals surface area contributed by atoms with E-state index in [2.05, 4.69) is 201 Å². The van der Waals surface area contributed by atoms with E-state index in [4.69, 9.17) is 8.83 Å². The van der Waals surface area contributed by atoms with Crippen LogP contribution in [-0.4, -0.2) is 14.8 Å². The van der Waals surface area contributed by atoms with E-state index >= 15 is 0 Å². The molecular formula is C53H41BN2O2Si. The normalized spacial score (nSPS) is 13.4. The lowest BCUT2D eigenvalue weighted by Crippen LogP contribution is -2.61. The standard InChI is InChI=1S/C53H41BN2O2Si/c1-32-14-20-36(21-15-32)55-43-30-35(34-18-24-38(25-19-34)59(3,4)5)31-44-51(43)54(41-26-28-47-49(52(41)55)39-10-6-8-12-45(39)57-47)42-27-29-48-50(40-11-7-9-13-46(40)58-48)53(42)56(44)37-22-16-33(2)17-23-37/h6-31H,1-5H3. The van der Waals surface area contributed by atoms with Gasteiger partial charge in [-0.25, -0.2) is 0 Å². The molecule has 0 amide bonds. The van der Waals surface area contributed by atoms with Crippen molar-refractivity contribution in [2.24, 2.45) is 0 Å². The molecule has 282 valence electrons. The Labute approximate surface area is 345 Å². The third-order valence-electron chi connectivity index (χ3n) is 12.7. The lowest BCUT2D eigenvalue weighted by Gasteiger charge is -2.45. The van der Waals surface area contributed by atoms with Gasteiger partial charge in [-0.3, -0.25) is 0 Å². The lowest BCUT2D eigenvalue weighted by molar-refractivity contribution is 0.668. The second-order valence-electron chi connectivity index (χ2n) is 17.5. The first-order chi connectivity index (χ1) is 28.7. The molecule has 2 aliphatic rings. The van der Waals surface area contributed by atoms with Crippen LogP contribution in [0.1, 0.15) is 11.1 Å². The second kappa shape index (κ2) is 12.4. The smallest absolute Gasteiger partial charge is 0.252 e. The van der Waals surface area contributed by atoms with Gasteiger partial charge in [0.2, 0.25) is 0 Å². The molecule has 8 aromatic carbocycles. The first kappa shape index (κ1) is 34.3. The van der Waals surface area contributed by atoms with Gasteiger partial charge in [0.1, 0.15) is 22.3 Å². The summed E-state index contributed by atoms with van der Waals surface area (Å²) >= 11 is 0. The molecular weight excluding hydrogens is 735 g/mol. The first-order valence-electron chi connectivity index (χ1n) is 20.6. The molecule has 6 heteroatoms. The first-order valence-corrected chi connectivity index (χ1v) is 24.1. The van der Waals surface area contributed by atoms with Gasteiger partial charge < -0.3 is 18.6 Å². The van der Waals surface area contributed by atoms with Crippen molar-refractivity contribution in [3.63, 3.8) is 0 Å². The average Bonchev–Trinajstić information content (AvgIpc) is 3.83. The van der Waals surface area contributed by atoms with Crippen LogP contribution in [0.5, 0.6) is 0 Å². The molecule has 0 saturated carbocycles. The molecule has 0 unspecified atom stereocenters. The minimum absolute atomic E-state index is 0.0761. The van der Waals surface area contributed by atoms with Gasteiger partial charge in [-0.1, -0.05) is 133 Å². The molecule has 0 atom stereocenters. The molecule has 0 fully saturated rings. The van der Waals surface area contributed by atoms with Gasteiger partial charge in [0.15, 0.2) is 0 Å². The van der Waals surface area contributed by atoms with Crippen LogP contribution in [0.3, 0.4) is 0 Å². The van der Waals surface area contributed by atoms with Crippen LogP contribution < -0.4 is 31.4 Å². The third-order valence-corrected chi connectivity index (χ3v) is 14.8. The van der Waals surface area contributed by atoms with Crippen molar-refractivity contribution in [2.45, 2.75) is 33.5 Å². The maximum Gasteiger partial charge on any atom is 0.252 e. The van der Waals surface area contributed by atoms with Crippen molar-refractivity contribution in [1.82, 2.24) is 0 Å². The van der Waals surface area contributed by atoms with Crippen LogP contribution in [0.2, 0.25) is 19.6 Å². The van der Waals surface area contributed by atoms with Crippen LogP contribution in [-0.2, 0) is 0 Å². The van der Waals surface area contributed by atoms with E-state index < -0.39 is 8.07 Å². The highest BCUT2D eigenvalue weighted by molar-refractivity contribution is 7.01. The van der Waals surface area contributed by atoms with Crippen molar-refractivity contribution >= 4 is 114 Å². The van der Waals surface area contributed by atoms with E-state index in [-0.39, 0.29) is 6.71 Å². The summed E-state index contributed by atoms with van der Waals surface area (Å²) in [6.07, 6.45) is 0. The SMILES string of the molecule is Cc1ccc(N2c3cc(-c4ccc([Si](C)(C)C)cc4)cc4c3B(c3ccc5oc6ccccc6c5c32)c2ccc3oc5ccccc5c3c2N4c2ccc(C)cc2)cc1. The van der Waals surface area contributed by atoms with E-state index in [1.807, 2.05) is 0 Å². The lowest BCUT2D eigenvalue weighted by atomic mass is 9.33. The van der Waals surface area contributed by atoms with Gasteiger partial charge in [-0.05, 0) is 102 Å². The number of fused-ring (bicyclic) bond motifs is 12. The maximum absolute atomic E-state index is 6.65. The topological polar surface area (TPSA) is 32.8 Å². The van der Waals surface area contributed by atoms with Crippen molar-refractivity contribution in [3.05, 3.63) is 169 Å². The zero-order valence-electron chi connectivity index (χ0n) is 33.8. The fourth-order valence-electron chi connectivity index (χ4n) is 9.84. The number of aryl methyl sites for hydroxylation is 2. The molecule has 59 heavy (non-hydrogen) atoms. The summed E-state index contributed by atoms with van der Waals surface area (Å²) in [5.74, 6) is 0. The molecule has 2 aliphatic heterocycles. The molecule has 0 spiro atoms. The average molecular weight is 777 g/mol. The van der Waals surface area contributed by atoms with Crippen LogP contribution in [0, 0.1) is 13.8 Å². The van der Waals surface area contributed by atoms with E-state index in [1.165, 1.54) is 55.2 Å². The van der Waals surface area contributed by atoms with E-state index in [9.17, 15) is 0 Å². The number of hydrogen-bond donors (Lipinski definition) is 0. The van der Waals surface area contributed by atoms with Crippen LogP contribution >= 0.6 is 0 Å². The molecule has 0 saturated heterocycles. The number of furan rings is 2. The van der Waals surface area contributed by atoms with Gasteiger partial charge in [-0.2, -0.15) is 0 Å². The molecule has 0 radical (unpaired) electrons. The fraction of sp³-hybridized carbons (Fsp3) is 0.0943. The molecule has 0 aliphatic carbocycles. The van der Waals surface area contributed by atoms with Crippen molar-refractivity contribution in [3.8, 4) is 11.1 Å². The van der Waals surface area contributed by atoms with Crippen molar-refractivity contribution in [1.29, 1.82) is 0 Å². The Morgan fingerprint density at radius 2 is 0.915 bits per heavy atom. The molecule has 4 heterocycles. The highest BCUT2D eigenvalue weighted by Crippen LogP contribution is 2.51. The Bertz CT molecular complexity index is 3150. The summed E-state index contributed by atoms with van der Waals surface area (Å²) in [5.41, 5.74) is 19.1. The number of benzene rings is 8. The number of hydrogen-bond acceptors (Lipinski definition) is 4. The summed E-state index contributed by atoms with van der Waals surface area (Å²) in [4.78, 5) is 5.05. The predicted octanol–water partition coefficient (Wildman–Crippen LogP) is 12.4. The summed E-state index contributed by atoms with van der Waals surface area (Å²) in [5, 5.41) is 5.95. The van der Waals surface area contributed by atoms with Gasteiger partial charge in [0.05, 0.1) is 30.2 Å². The van der Waals surface area contributed by atoms with E-state index in [0.717, 1.165) is 66.6 Å². The Morgan fingerprint density at radius 1 is 0.458 bits per heavy atom. The van der Waals surface area contributed by atoms with E-state index in [0.29, 0.717) is 0 Å². The Hall–Kier alpha value is -6.76. The van der Waals surface area contributed by atoms with Crippen LogP contribution in [0.25, 0.3) is 55.0 Å². The van der Waals surface area contributed by atoms with Gasteiger partial charge in [0, 0.05) is 33.5 Å². The molecule has 4 nitrogen and oxygen atoms in total. The van der Waals surface area contributed by atoms with Gasteiger partial charge >= 0.3 is 0 Å². The van der Waals surface area contributed by atoms with Gasteiger partial charge in [0.25, 0.3) is 6.71 Å². The molecule has 2 aromatic heterocycles. The summed E-state index contributed by atoms with van der Waals surface area (Å²) in [6.45, 7) is 11.5. The fourth-order valence-corrected chi connectivity index (χ4v) is 11.0. The largest absolute Gasteiger partial charge is 0.456 e. The molecule has 0 bridgehead atoms. The zero-order valence-corrected chi connectivity index (χ0v) is 34.8. The molecule has 12 rings (SSSR count). The predicted molar refractivity (Wildman–Crippen MR) is 253 cm³/mol. The van der Waals surface area contributed by atoms with Crippen molar-refractivity contribution in [2.75, 3.05) is 9.80 Å². The summed E-state index contributed by atoms with van der Waals surface area (Å²) in [6, 6.07) is 58.3. The number of rotatable bonds is 4. The monoisotopic (exact) mass is 776 g/mol. The van der Waals surface area contributed by atoms with Crippen LogP contribution in [0.15, 0.2) is 167 Å². The minimum atomic E-state index is -1.52. The molecule has 0 N–H and O–H groups in total. The molecule has 10 aromatic rings. The zero-order chi connectivity index (χ0) is 39.7. The summed E-state index contributed by atoms with van der Waals surface area (Å²) in [7, 11) is -1.52. The highest BCUT2D eigenvalue weighted by atomic mass is 28.3. The maximum atomic E-state index is 6.65. The van der Waals surface area contributed by atoms with E-state index in [1.54, 1.807) is 0 Å².